The van der Waals surface area contributed by atoms with Gasteiger partial charge in [-0.15, -0.1) is 5.10 Å². The Morgan fingerprint density at radius 1 is 1.42 bits per heavy atom. The maximum Gasteiger partial charge on any atom is 0.316 e. The Morgan fingerprint density at radius 3 is 2.84 bits per heavy atom. The van der Waals surface area contributed by atoms with E-state index in [9.17, 15) is 4.79 Å². The molecular weight excluding hydrogens is 288 g/mol. The lowest BCUT2D eigenvalue weighted by atomic mass is 10.3. The summed E-state index contributed by atoms with van der Waals surface area (Å²) in [7, 11) is 0. The molecule has 100 valence electrons. The molecule has 0 spiro atoms. The second-order valence-electron chi connectivity index (χ2n) is 3.44. The standard InChI is InChI=1S/C11H11ClN4O2S/c1-2-18-10(17)7-19-11-13-14-15-16(11)9-5-3-8(12)4-6-9/h3-6H,2,7H2,1H3. The van der Waals surface area contributed by atoms with Gasteiger partial charge in [0.2, 0.25) is 5.16 Å². The molecule has 0 saturated heterocycles. The van der Waals surface area contributed by atoms with Crippen molar-refractivity contribution in [3.05, 3.63) is 29.3 Å². The molecule has 6 nitrogen and oxygen atoms in total. The molecule has 1 aromatic carbocycles. The highest BCUT2D eigenvalue weighted by molar-refractivity contribution is 7.99. The average Bonchev–Trinajstić information content (AvgIpc) is 2.86. The lowest BCUT2D eigenvalue weighted by molar-refractivity contribution is -0.139. The molecule has 0 aliphatic heterocycles. The predicted molar refractivity (Wildman–Crippen MR) is 71.5 cm³/mol. The summed E-state index contributed by atoms with van der Waals surface area (Å²) in [6.45, 7) is 2.13. The van der Waals surface area contributed by atoms with E-state index in [1.807, 2.05) is 0 Å². The Labute approximate surface area is 119 Å². The van der Waals surface area contributed by atoms with Gasteiger partial charge in [0.05, 0.1) is 18.0 Å². The van der Waals surface area contributed by atoms with Gasteiger partial charge in [-0.25, -0.2) is 0 Å². The highest BCUT2D eigenvalue weighted by atomic mass is 35.5. The lowest BCUT2D eigenvalue weighted by Gasteiger charge is -2.04. The highest BCUT2D eigenvalue weighted by Gasteiger charge is 2.11. The Bertz CT molecular complexity index is 558. The Hall–Kier alpha value is -1.60. The number of ether oxygens (including phenoxy) is 1. The van der Waals surface area contributed by atoms with E-state index in [0.717, 1.165) is 5.69 Å². The third kappa shape index (κ3) is 3.68. The van der Waals surface area contributed by atoms with E-state index in [1.165, 1.54) is 11.8 Å². The van der Waals surface area contributed by atoms with E-state index in [2.05, 4.69) is 15.5 Å². The van der Waals surface area contributed by atoms with Crippen molar-refractivity contribution in [2.45, 2.75) is 12.1 Å². The van der Waals surface area contributed by atoms with Gasteiger partial charge in [-0.2, -0.15) is 4.68 Å². The first-order valence-corrected chi connectivity index (χ1v) is 6.90. The molecule has 0 N–H and O–H groups in total. The Morgan fingerprint density at radius 2 is 2.16 bits per heavy atom. The van der Waals surface area contributed by atoms with E-state index >= 15 is 0 Å². The highest BCUT2D eigenvalue weighted by Crippen LogP contribution is 2.19. The normalized spacial score (nSPS) is 10.4. The second-order valence-corrected chi connectivity index (χ2v) is 4.82. The summed E-state index contributed by atoms with van der Waals surface area (Å²) in [5.74, 6) is -0.125. The van der Waals surface area contributed by atoms with E-state index < -0.39 is 0 Å². The molecule has 0 fully saturated rings. The van der Waals surface area contributed by atoms with Crippen LogP contribution in [0.5, 0.6) is 0 Å². The molecule has 0 radical (unpaired) electrons. The quantitative estimate of drug-likeness (QED) is 0.621. The maximum atomic E-state index is 11.3. The largest absolute Gasteiger partial charge is 0.465 e. The molecule has 19 heavy (non-hydrogen) atoms. The van der Waals surface area contributed by atoms with Crippen molar-refractivity contribution in [1.29, 1.82) is 0 Å². The minimum atomic E-state index is -0.293. The molecule has 0 amide bonds. The molecule has 0 saturated carbocycles. The van der Waals surface area contributed by atoms with Crippen LogP contribution >= 0.6 is 23.4 Å². The molecule has 0 aliphatic rings. The molecule has 2 rings (SSSR count). The van der Waals surface area contributed by atoms with Gasteiger partial charge >= 0.3 is 5.97 Å². The molecule has 1 heterocycles. The van der Waals surface area contributed by atoms with E-state index in [-0.39, 0.29) is 11.7 Å². The van der Waals surface area contributed by atoms with Crippen LogP contribution in [0, 0.1) is 0 Å². The predicted octanol–water partition coefficient (Wildman–Crippen LogP) is 1.97. The Kier molecular flexibility index (Phi) is 4.75. The minimum absolute atomic E-state index is 0.168. The van der Waals surface area contributed by atoms with Gasteiger partial charge in [-0.3, -0.25) is 4.79 Å². The third-order valence-electron chi connectivity index (χ3n) is 2.14. The van der Waals surface area contributed by atoms with Crippen LogP contribution in [0.15, 0.2) is 29.4 Å². The Balaban J connectivity index is 2.09. The number of halogens is 1. The van der Waals surface area contributed by atoms with E-state index in [1.54, 1.807) is 35.9 Å². The van der Waals surface area contributed by atoms with E-state index in [4.69, 9.17) is 16.3 Å². The fraction of sp³-hybridized carbons (Fsp3) is 0.273. The number of tetrazole rings is 1. The van der Waals surface area contributed by atoms with Crippen molar-refractivity contribution in [2.75, 3.05) is 12.4 Å². The smallest absolute Gasteiger partial charge is 0.316 e. The van der Waals surface area contributed by atoms with Gasteiger partial charge < -0.3 is 4.74 Å². The van der Waals surface area contributed by atoms with Gasteiger partial charge in [0.25, 0.3) is 0 Å². The molecule has 0 bridgehead atoms. The van der Waals surface area contributed by atoms with Crippen LogP contribution in [0.2, 0.25) is 5.02 Å². The zero-order chi connectivity index (χ0) is 13.7. The minimum Gasteiger partial charge on any atom is -0.465 e. The third-order valence-corrected chi connectivity index (χ3v) is 3.28. The first kappa shape index (κ1) is 13.8. The van der Waals surface area contributed by atoms with Crippen LogP contribution < -0.4 is 0 Å². The van der Waals surface area contributed by atoms with Crippen LogP contribution in [0.25, 0.3) is 5.69 Å². The number of hydrogen-bond acceptors (Lipinski definition) is 6. The summed E-state index contributed by atoms with van der Waals surface area (Å²) in [4.78, 5) is 11.3. The van der Waals surface area contributed by atoms with Crippen molar-refractivity contribution < 1.29 is 9.53 Å². The topological polar surface area (TPSA) is 69.9 Å². The number of esters is 1. The number of carbonyl (C=O) groups is 1. The number of nitrogens with zero attached hydrogens (tertiary/aromatic N) is 4. The van der Waals surface area contributed by atoms with Crippen LogP contribution in [0.3, 0.4) is 0 Å². The van der Waals surface area contributed by atoms with Crippen LogP contribution in [0.1, 0.15) is 6.92 Å². The van der Waals surface area contributed by atoms with Gasteiger partial charge in [0, 0.05) is 5.02 Å². The number of thioether (sulfide) groups is 1. The second kappa shape index (κ2) is 6.53. The number of hydrogen-bond donors (Lipinski definition) is 0. The molecule has 0 aliphatic carbocycles. The molecule has 2 aromatic rings. The van der Waals surface area contributed by atoms with Gasteiger partial charge in [-0.1, -0.05) is 23.4 Å². The number of rotatable bonds is 5. The van der Waals surface area contributed by atoms with Crippen molar-refractivity contribution >= 4 is 29.3 Å². The summed E-state index contributed by atoms with van der Waals surface area (Å²) in [5.41, 5.74) is 0.778. The van der Waals surface area contributed by atoms with Crippen molar-refractivity contribution in [3.8, 4) is 5.69 Å². The molecule has 0 unspecified atom stereocenters. The molecule has 1 aromatic heterocycles. The zero-order valence-electron chi connectivity index (χ0n) is 10.1. The van der Waals surface area contributed by atoms with Crippen molar-refractivity contribution in [2.24, 2.45) is 0 Å². The number of carbonyl (C=O) groups excluding carboxylic acids is 1. The first-order valence-electron chi connectivity index (χ1n) is 5.53. The van der Waals surface area contributed by atoms with Crippen LogP contribution in [-0.4, -0.2) is 38.5 Å². The fourth-order valence-corrected chi connectivity index (χ4v) is 2.15. The summed E-state index contributed by atoms with van der Waals surface area (Å²) >= 11 is 7.04. The van der Waals surface area contributed by atoms with Gasteiger partial charge in [0.15, 0.2) is 0 Å². The van der Waals surface area contributed by atoms with Crippen molar-refractivity contribution in [3.63, 3.8) is 0 Å². The summed E-state index contributed by atoms with van der Waals surface area (Å²) in [6.07, 6.45) is 0. The summed E-state index contributed by atoms with van der Waals surface area (Å²) in [6, 6.07) is 7.09. The molecule has 0 atom stereocenters. The molecular formula is C11H11ClN4O2S. The zero-order valence-corrected chi connectivity index (χ0v) is 11.7. The van der Waals surface area contributed by atoms with Crippen LogP contribution in [-0.2, 0) is 9.53 Å². The van der Waals surface area contributed by atoms with E-state index in [0.29, 0.717) is 16.8 Å². The van der Waals surface area contributed by atoms with Gasteiger partial charge in [-0.05, 0) is 41.6 Å². The SMILES string of the molecule is CCOC(=O)CSc1nnnn1-c1ccc(Cl)cc1. The van der Waals surface area contributed by atoms with Gasteiger partial charge in [0.1, 0.15) is 0 Å². The maximum absolute atomic E-state index is 11.3. The van der Waals surface area contributed by atoms with Crippen LogP contribution in [0.4, 0.5) is 0 Å². The number of aromatic nitrogens is 4. The first-order chi connectivity index (χ1) is 9.20. The van der Waals surface area contributed by atoms with Crippen molar-refractivity contribution in [1.82, 2.24) is 20.2 Å². The lowest BCUT2D eigenvalue weighted by Crippen LogP contribution is -2.08. The number of benzene rings is 1. The average molecular weight is 299 g/mol. The summed E-state index contributed by atoms with van der Waals surface area (Å²) in [5, 5.41) is 12.5. The fourth-order valence-electron chi connectivity index (χ4n) is 1.34. The summed E-state index contributed by atoms with van der Waals surface area (Å²) < 4.78 is 6.39. The molecule has 8 heteroatoms. The monoisotopic (exact) mass is 298 g/mol.